The number of amides is 1. The summed E-state index contributed by atoms with van der Waals surface area (Å²) in [5.41, 5.74) is 1.96. The summed E-state index contributed by atoms with van der Waals surface area (Å²) in [6, 6.07) is 6.94. The third kappa shape index (κ3) is 3.70. The van der Waals surface area contributed by atoms with E-state index in [4.69, 9.17) is 0 Å². The number of hydrogen-bond acceptors (Lipinski definition) is 6. The molecule has 3 rings (SSSR count). The summed E-state index contributed by atoms with van der Waals surface area (Å²) in [6.45, 7) is 2.34. The Hall–Kier alpha value is -2.48. The Balaban J connectivity index is 1.90. The Morgan fingerprint density at radius 1 is 1.31 bits per heavy atom. The first-order valence-electron chi connectivity index (χ1n) is 8.55. The van der Waals surface area contributed by atoms with Crippen molar-refractivity contribution >= 4 is 21.6 Å². The average Bonchev–Trinajstić information content (AvgIpc) is 3.01. The summed E-state index contributed by atoms with van der Waals surface area (Å²) >= 11 is 0. The van der Waals surface area contributed by atoms with Crippen molar-refractivity contribution in [3.63, 3.8) is 0 Å². The summed E-state index contributed by atoms with van der Waals surface area (Å²) in [5, 5.41) is 2.99. The van der Waals surface area contributed by atoms with Crippen LogP contribution in [0.1, 0.15) is 23.7 Å². The third-order valence-electron chi connectivity index (χ3n) is 4.57. The van der Waals surface area contributed by atoms with E-state index < -0.39 is 9.84 Å². The van der Waals surface area contributed by atoms with Crippen LogP contribution in [0.5, 0.6) is 0 Å². The molecule has 2 heterocycles. The predicted molar refractivity (Wildman–Crippen MR) is 101 cm³/mol. The van der Waals surface area contributed by atoms with E-state index in [9.17, 15) is 13.2 Å². The first-order chi connectivity index (χ1) is 12.4. The molecule has 0 saturated carbocycles. The highest BCUT2D eigenvalue weighted by Crippen LogP contribution is 2.25. The van der Waals surface area contributed by atoms with E-state index in [1.165, 1.54) is 0 Å². The van der Waals surface area contributed by atoms with Crippen LogP contribution in [0.3, 0.4) is 0 Å². The molecule has 1 aliphatic rings. The second kappa shape index (κ2) is 7.41. The van der Waals surface area contributed by atoms with E-state index >= 15 is 0 Å². The summed E-state index contributed by atoms with van der Waals surface area (Å²) in [6.07, 6.45) is 3.70. The van der Waals surface area contributed by atoms with Crippen LogP contribution in [0.2, 0.25) is 0 Å². The maximum absolute atomic E-state index is 13.0. The minimum atomic E-state index is -3.05. The van der Waals surface area contributed by atoms with E-state index in [2.05, 4.69) is 15.3 Å². The van der Waals surface area contributed by atoms with Crippen molar-refractivity contribution in [3.8, 4) is 11.3 Å². The Labute approximate surface area is 153 Å². The standard InChI is InChI=1S/C18H22N4O3S/c1-3-22(15-7-10-26(24,25)12-15)18(23)14-6-4-5-13(11-14)16-17(19-2)21-9-8-20-16/h4-6,8-9,11,15H,3,7,10,12H2,1-2H3,(H,19,21)/t15-/m0/s1. The molecular weight excluding hydrogens is 352 g/mol. The fourth-order valence-corrected chi connectivity index (χ4v) is 5.02. The van der Waals surface area contributed by atoms with Crippen molar-refractivity contribution in [2.75, 3.05) is 30.4 Å². The molecule has 0 radical (unpaired) electrons. The number of aromatic nitrogens is 2. The van der Waals surface area contributed by atoms with Crippen molar-refractivity contribution < 1.29 is 13.2 Å². The highest BCUT2D eigenvalue weighted by Gasteiger charge is 2.34. The van der Waals surface area contributed by atoms with Crippen molar-refractivity contribution in [3.05, 3.63) is 42.2 Å². The lowest BCUT2D eigenvalue weighted by atomic mass is 10.1. The molecule has 1 amide bonds. The maximum atomic E-state index is 13.0. The van der Waals surface area contributed by atoms with Crippen LogP contribution in [0.25, 0.3) is 11.3 Å². The number of anilines is 1. The zero-order valence-corrected chi connectivity index (χ0v) is 15.7. The second-order valence-electron chi connectivity index (χ2n) is 6.23. The average molecular weight is 374 g/mol. The highest BCUT2D eigenvalue weighted by molar-refractivity contribution is 7.91. The van der Waals surface area contributed by atoms with Crippen molar-refractivity contribution in [2.45, 2.75) is 19.4 Å². The van der Waals surface area contributed by atoms with E-state index in [1.807, 2.05) is 13.0 Å². The third-order valence-corrected chi connectivity index (χ3v) is 6.32. The molecule has 1 aliphatic heterocycles. The lowest BCUT2D eigenvalue weighted by Crippen LogP contribution is -2.40. The molecule has 2 aromatic rings. The zero-order chi connectivity index (χ0) is 18.7. The van der Waals surface area contributed by atoms with Crippen LogP contribution in [0, 0.1) is 0 Å². The van der Waals surface area contributed by atoms with Gasteiger partial charge in [0, 0.05) is 43.2 Å². The monoisotopic (exact) mass is 374 g/mol. The summed E-state index contributed by atoms with van der Waals surface area (Å²) in [7, 11) is -1.28. The minimum Gasteiger partial charge on any atom is -0.371 e. The number of rotatable bonds is 5. The van der Waals surface area contributed by atoms with Gasteiger partial charge in [0.1, 0.15) is 5.69 Å². The lowest BCUT2D eigenvalue weighted by molar-refractivity contribution is 0.0708. The Kier molecular flexibility index (Phi) is 5.22. The Morgan fingerprint density at radius 2 is 2.08 bits per heavy atom. The first kappa shape index (κ1) is 18.3. The Bertz CT molecular complexity index is 914. The number of nitrogens with zero attached hydrogens (tertiary/aromatic N) is 3. The normalized spacial score (nSPS) is 18.5. The van der Waals surface area contributed by atoms with Crippen LogP contribution >= 0.6 is 0 Å². The highest BCUT2D eigenvalue weighted by atomic mass is 32.2. The van der Waals surface area contributed by atoms with Gasteiger partial charge in [-0.2, -0.15) is 0 Å². The van der Waals surface area contributed by atoms with Crippen molar-refractivity contribution in [1.29, 1.82) is 0 Å². The van der Waals surface area contributed by atoms with Gasteiger partial charge in [0.25, 0.3) is 5.91 Å². The molecule has 1 fully saturated rings. The fraction of sp³-hybridized carbons (Fsp3) is 0.389. The van der Waals surface area contributed by atoms with Crippen LogP contribution in [-0.4, -0.2) is 60.3 Å². The van der Waals surface area contributed by atoms with E-state index in [-0.39, 0.29) is 23.5 Å². The molecule has 26 heavy (non-hydrogen) atoms. The molecule has 8 heteroatoms. The molecule has 1 saturated heterocycles. The lowest BCUT2D eigenvalue weighted by Gasteiger charge is -2.27. The van der Waals surface area contributed by atoms with Crippen molar-refractivity contribution in [2.24, 2.45) is 0 Å². The number of benzene rings is 1. The number of carbonyl (C=O) groups excluding carboxylic acids is 1. The van der Waals surface area contributed by atoms with Gasteiger partial charge in [-0.25, -0.2) is 13.4 Å². The van der Waals surface area contributed by atoms with Gasteiger partial charge in [0.05, 0.1) is 11.5 Å². The van der Waals surface area contributed by atoms with E-state index in [0.29, 0.717) is 30.0 Å². The number of sulfone groups is 1. The fourth-order valence-electron chi connectivity index (χ4n) is 3.29. The molecule has 0 bridgehead atoms. The van der Waals surface area contributed by atoms with Crippen LogP contribution in [0.15, 0.2) is 36.7 Å². The topological polar surface area (TPSA) is 92.3 Å². The van der Waals surface area contributed by atoms with Gasteiger partial charge in [0.2, 0.25) is 0 Å². The van der Waals surface area contributed by atoms with Gasteiger partial charge in [0.15, 0.2) is 15.7 Å². The molecule has 7 nitrogen and oxygen atoms in total. The van der Waals surface area contributed by atoms with Crippen LogP contribution in [-0.2, 0) is 9.84 Å². The molecule has 1 atom stereocenters. The van der Waals surface area contributed by atoms with Gasteiger partial charge in [-0.05, 0) is 25.5 Å². The number of nitrogens with one attached hydrogen (secondary N) is 1. The van der Waals surface area contributed by atoms with Gasteiger partial charge in [-0.3, -0.25) is 9.78 Å². The molecule has 0 unspecified atom stereocenters. The van der Waals surface area contributed by atoms with E-state index in [1.54, 1.807) is 42.5 Å². The van der Waals surface area contributed by atoms with Crippen LogP contribution in [0.4, 0.5) is 5.82 Å². The minimum absolute atomic E-state index is 0.0420. The molecule has 1 aromatic carbocycles. The predicted octanol–water partition coefficient (Wildman–Crippen LogP) is 1.83. The van der Waals surface area contributed by atoms with Gasteiger partial charge < -0.3 is 10.2 Å². The molecule has 0 aliphatic carbocycles. The van der Waals surface area contributed by atoms with Crippen molar-refractivity contribution in [1.82, 2.24) is 14.9 Å². The maximum Gasteiger partial charge on any atom is 0.254 e. The van der Waals surface area contributed by atoms with E-state index in [0.717, 1.165) is 5.56 Å². The van der Waals surface area contributed by atoms with Gasteiger partial charge in [-0.1, -0.05) is 12.1 Å². The smallest absolute Gasteiger partial charge is 0.254 e. The number of hydrogen-bond donors (Lipinski definition) is 1. The molecule has 0 spiro atoms. The summed E-state index contributed by atoms with van der Waals surface area (Å²) in [4.78, 5) is 23.2. The molecule has 1 N–H and O–H groups in total. The summed E-state index contributed by atoms with van der Waals surface area (Å²) < 4.78 is 23.5. The SMILES string of the molecule is CCN(C(=O)c1cccc(-c2nccnc2NC)c1)[C@H]1CCS(=O)(=O)C1. The Morgan fingerprint density at radius 3 is 2.73 bits per heavy atom. The van der Waals surface area contributed by atoms with Gasteiger partial charge in [-0.15, -0.1) is 0 Å². The quantitative estimate of drug-likeness (QED) is 0.858. The van der Waals surface area contributed by atoms with Crippen LogP contribution < -0.4 is 5.32 Å². The largest absolute Gasteiger partial charge is 0.371 e. The first-order valence-corrected chi connectivity index (χ1v) is 10.4. The zero-order valence-electron chi connectivity index (χ0n) is 14.8. The molecular formula is C18H22N4O3S. The second-order valence-corrected chi connectivity index (χ2v) is 8.46. The molecule has 1 aromatic heterocycles. The molecule has 138 valence electrons. The number of carbonyl (C=O) groups is 1. The summed E-state index contributed by atoms with van der Waals surface area (Å²) in [5.74, 6) is 0.658. The van der Waals surface area contributed by atoms with Gasteiger partial charge >= 0.3 is 0 Å².